The lowest BCUT2D eigenvalue weighted by molar-refractivity contribution is -0.121. The number of benzene rings is 1. The van der Waals surface area contributed by atoms with Crippen molar-refractivity contribution in [2.75, 3.05) is 18.4 Å². The van der Waals surface area contributed by atoms with Crippen LogP contribution in [-0.4, -0.2) is 40.2 Å². The number of thioether (sulfide) groups is 1. The summed E-state index contributed by atoms with van der Waals surface area (Å²) < 4.78 is 0. The second-order valence-corrected chi connectivity index (χ2v) is 7.33. The Balaban J connectivity index is 1.56. The standard InChI is InChI=1S/C16H18ClN3O2S/c1-10-4-5-11(8-12(10)17)18-14(21)9-13-15(22)19-16(23-13)20-6-2-3-7-20/h4-5,8,13H,2-3,6-7,9H2,1H3,(H,18,21)/t13-/m1/s1. The summed E-state index contributed by atoms with van der Waals surface area (Å²) in [7, 11) is 0. The summed E-state index contributed by atoms with van der Waals surface area (Å²) in [5.74, 6) is -0.414. The van der Waals surface area contributed by atoms with E-state index in [-0.39, 0.29) is 18.2 Å². The number of nitrogens with one attached hydrogen (secondary N) is 1. The fraction of sp³-hybridized carbons (Fsp3) is 0.438. The van der Waals surface area contributed by atoms with Gasteiger partial charge in [-0.15, -0.1) is 0 Å². The number of carbonyl (C=O) groups is 2. The summed E-state index contributed by atoms with van der Waals surface area (Å²) in [6.07, 6.45) is 2.38. The number of amides is 2. The number of likely N-dealkylation sites (tertiary alicyclic amines) is 1. The molecule has 7 heteroatoms. The Morgan fingerprint density at radius 1 is 1.43 bits per heavy atom. The van der Waals surface area contributed by atoms with E-state index in [0.29, 0.717) is 10.7 Å². The Bertz CT molecular complexity index is 671. The van der Waals surface area contributed by atoms with Gasteiger partial charge in [-0.25, -0.2) is 0 Å². The van der Waals surface area contributed by atoms with Crippen LogP contribution in [0.1, 0.15) is 24.8 Å². The molecule has 122 valence electrons. The number of anilines is 1. The number of aliphatic imine (C=N–C) groups is 1. The Morgan fingerprint density at radius 2 is 2.17 bits per heavy atom. The molecule has 0 saturated carbocycles. The first-order chi connectivity index (χ1) is 11.0. The summed E-state index contributed by atoms with van der Waals surface area (Å²) in [4.78, 5) is 30.4. The van der Waals surface area contributed by atoms with Crippen molar-refractivity contribution < 1.29 is 9.59 Å². The van der Waals surface area contributed by atoms with Crippen LogP contribution in [0.25, 0.3) is 0 Å². The molecule has 2 aliphatic rings. The normalized spacial score (nSPS) is 20.8. The molecule has 0 radical (unpaired) electrons. The third-order valence-corrected chi connectivity index (χ3v) is 5.55. The van der Waals surface area contributed by atoms with Gasteiger partial charge in [0.1, 0.15) is 5.25 Å². The maximum atomic E-state index is 12.2. The topological polar surface area (TPSA) is 61.8 Å². The van der Waals surface area contributed by atoms with E-state index in [4.69, 9.17) is 11.6 Å². The molecule has 5 nitrogen and oxygen atoms in total. The molecule has 0 spiro atoms. The number of rotatable bonds is 3. The maximum Gasteiger partial charge on any atom is 0.262 e. The largest absolute Gasteiger partial charge is 0.351 e. The van der Waals surface area contributed by atoms with Gasteiger partial charge < -0.3 is 10.2 Å². The Morgan fingerprint density at radius 3 is 2.87 bits per heavy atom. The van der Waals surface area contributed by atoms with Crippen molar-refractivity contribution in [3.8, 4) is 0 Å². The third kappa shape index (κ3) is 3.87. The first kappa shape index (κ1) is 16.3. The number of halogens is 1. The molecule has 1 fully saturated rings. The van der Waals surface area contributed by atoms with Crippen molar-refractivity contribution in [1.82, 2.24) is 4.90 Å². The van der Waals surface area contributed by atoms with Crippen LogP contribution in [0.15, 0.2) is 23.2 Å². The predicted molar refractivity (Wildman–Crippen MR) is 94.1 cm³/mol. The van der Waals surface area contributed by atoms with E-state index in [1.54, 1.807) is 12.1 Å². The number of carbonyl (C=O) groups excluding carboxylic acids is 2. The number of hydrogen-bond acceptors (Lipinski definition) is 4. The summed E-state index contributed by atoms with van der Waals surface area (Å²) in [5.41, 5.74) is 1.59. The van der Waals surface area contributed by atoms with Gasteiger partial charge in [-0.3, -0.25) is 9.59 Å². The lowest BCUT2D eigenvalue weighted by atomic mass is 10.2. The number of nitrogens with zero attached hydrogens (tertiary/aromatic N) is 2. The van der Waals surface area contributed by atoms with Crippen LogP contribution in [0.3, 0.4) is 0 Å². The lowest BCUT2D eigenvalue weighted by Gasteiger charge is -2.16. The molecule has 1 aromatic rings. The zero-order valence-electron chi connectivity index (χ0n) is 12.8. The predicted octanol–water partition coefficient (Wildman–Crippen LogP) is 3.07. The van der Waals surface area contributed by atoms with Gasteiger partial charge in [0.15, 0.2) is 5.17 Å². The van der Waals surface area contributed by atoms with Gasteiger partial charge in [-0.2, -0.15) is 4.99 Å². The maximum absolute atomic E-state index is 12.2. The quantitative estimate of drug-likeness (QED) is 0.909. The van der Waals surface area contributed by atoms with E-state index in [2.05, 4.69) is 15.2 Å². The molecule has 0 aliphatic carbocycles. The highest BCUT2D eigenvalue weighted by molar-refractivity contribution is 8.15. The molecule has 1 saturated heterocycles. The Labute approximate surface area is 144 Å². The summed E-state index contributed by atoms with van der Waals surface area (Å²) >= 11 is 7.45. The van der Waals surface area contributed by atoms with Crippen LogP contribution >= 0.6 is 23.4 Å². The van der Waals surface area contributed by atoms with Crippen molar-refractivity contribution in [3.63, 3.8) is 0 Å². The summed E-state index contributed by atoms with van der Waals surface area (Å²) in [6.45, 7) is 3.79. The van der Waals surface area contributed by atoms with Crippen LogP contribution in [0.4, 0.5) is 5.69 Å². The zero-order valence-corrected chi connectivity index (χ0v) is 14.4. The SMILES string of the molecule is Cc1ccc(NC(=O)C[C@H]2SC(N3CCCC3)=NC2=O)cc1Cl. The molecular formula is C16H18ClN3O2S. The number of aryl methyl sites for hydroxylation is 1. The Hall–Kier alpha value is -1.53. The summed E-state index contributed by atoms with van der Waals surface area (Å²) in [5, 5.41) is 3.74. The molecule has 0 aromatic heterocycles. The Kier molecular flexibility index (Phi) is 4.92. The van der Waals surface area contributed by atoms with E-state index in [9.17, 15) is 9.59 Å². The molecular weight excluding hydrogens is 334 g/mol. The van der Waals surface area contributed by atoms with E-state index in [1.165, 1.54) is 11.8 Å². The lowest BCUT2D eigenvalue weighted by Crippen LogP contribution is -2.25. The smallest absolute Gasteiger partial charge is 0.262 e. The van der Waals surface area contributed by atoms with Crippen LogP contribution in [0.2, 0.25) is 5.02 Å². The van der Waals surface area contributed by atoms with E-state index < -0.39 is 5.25 Å². The van der Waals surface area contributed by atoms with Crippen LogP contribution in [0.5, 0.6) is 0 Å². The average molecular weight is 352 g/mol. The highest BCUT2D eigenvalue weighted by atomic mass is 35.5. The second-order valence-electron chi connectivity index (χ2n) is 5.75. The molecule has 23 heavy (non-hydrogen) atoms. The second kappa shape index (κ2) is 6.93. The average Bonchev–Trinajstić information content (AvgIpc) is 3.13. The highest BCUT2D eigenvalue weighted by Gasteiger charge is 2.33. The molecule has 2 heterocycles. The molecule has 3 rings (SSSR count). The molecule has 1 N–H and O–H groups in total. The molecule has 1 aromatic carbocycles. The fourth-order valence-corrected chi connectivity index (χ4v) is 3.90. The van der Waals surface area contributed by atoms with E-state index in [1.807, 2.05) is 13.0 Å². The fourth-order valence-electron chi connectivity index (χ4n) is 2.60. The molecule has 2 amide bonds. The number of amidine groups is 1. The van der Waals surface area contributed by atoms with Gasteiger partial charge in [0.25, 0.3) is 5.91 Å². The first-order valence-corrected chi connectivity index (χ1v) is 8.89. The zero-order chi connectivity index (χ0) is 16.4. The van der Waals surface area contributed by atoms with Crippen LogP contribution < -0.4 is 5.32 Å². The van der Waals surface area contributed by atoms with E-state index >= 15 is 0 Å². The monoisotopic (exact) mass is 351 g/mol. The van der Waals surface area contributed by atoms with Crippen LogP contribution in [-0.2, 0) is 9.59 Å². The van der Waals surface area contributed by atoms with Gasteiger partial charge in [0, 0.05) is 30.2 Å². The highest BCUT2D eigenvalue weighted by Crippen LogP contribution is 2.29. The van der Waals surface area contributed by atoms with Crippen LogP contribution in [0, 0.1) is 6.92 Å². The van der Waals surface area contributed by atoms with Gasteiger partial charge in [-0.05, 0) is 37.5 Å². The minimum Gasteiger partial charge on any atom is -0.351 e. The molecule has 0 bridgehead atoms. The summed E-state index contributed by atoms with van der Waals surface area (Å²) in [6, 6.07) is 5.36. The van der Waals surface area contributed by atoms with Crippen molar-refractivity contribution in [3.05, 3.63) is 28.8 Å². The van der Waals surface area contributed by atoms with Crippen molar-refractivity contribution in [2.45, 2.75) is 31.4 Å². The van der Waals surface area contributed by atoms with Gasteiger partial charge >= 0.3 is 0 Å². The van der Waals surface area contributed by atoms with Gasteiger partial charge in [0.2, 0.25) is 5.91 Å². The van der Waals surface area contributed by atoms with Crippen molar-refractivity contribution in [1.29, 1.82) is 0 Å². The molecule has 2 aliphatic heterocycles. The van der Waals surface area contributed by atoms with Crippen molar-refractivity contribution in [2.24, 2.45) is 4.99 Å². The molecule has 1 atom stereocenters. The minimum atomic E-state index is -0.425. The van der Waals surface area contributed by atoms with Gasteiger partial charge in [-0.1, -0.05) is 29.4 Å². The number of hydrogen-bond donors (Lipinski definition) is 1. The molecule has 0 unspecified atom stereocenters. The van der Waals surface area contributed by atoms with Crippen molar-refractivity contribution >= 4 is 46.0 Å². The van der Waals surface area contributed by atoms with E-state index in [0.717, 1.165) is 36.7 Å². The first-order valence-electron chi connectivity index (χ1n) is 7.63. The minimum absolute atomic E-state index is 0.121. The van der Waals surface area contributed by atoms with Gasteiger partial charge in [0.05, 0.1) is 0 Å². The third-order valence-electron chi connectivity index (χ3n) is 3.93.